The number of aliphatic carboxylic acids is 6. The van der Waals surface area contributed by atoms with E-state index in [-0.39, 0.29) is 99.7 Å². The number of H-pyrrole nitrogens is 2. The topological polar surface area (TPSA) is 281 Å². The number of aryl methyl sites for hydroxylation is 3. The van der Waals surface area contributed by atoms with Crippen molar-refractivity contribution in [1.29, 1.82) is 0 Å². The summed E-state index contributed by atoms with van der Waals surface area (Å²) in [5.74, 6) is -6.85. The van der Waals surface area contributed by atoms with E-state index in [1.807, 2.05) is 0 Å². The molecule has 3 aromatic heterocycles. The van der Waals surface area contributed by atoms with Crippen LogP contribution in [0.25, 0.3) is 44.4 Å². The van der Waals surface area contributed by atoms with E-state index in [4.69, 9.17) is 9.97 Å². The Bertz CT molecular complexity index is 2460. The van der Waals surface area contributed by atoms with Crippen molar-refractivity contribution in [2.75, 3.05) is 0 Å². The van der Waals surface area contributed by atoms with E-state index in [0.29, 0.717) is 50.0 Å². The zero-order chi connectivity index (χ0) is 41.2. The highest BCUT2D eigenvalue weighted by Crippen LogP contribution is 2.45. The van der Waals surface area contributed by atoms with Gasteiger partial charge >= 0.3 is 35.8 Å². The standard InChI is InChI=1S/C38H36Br2N4O12/c1-15-17(3-7-27(45)46)24-14-26-21(11-31(53)54)20(6-10-30(51)52)37(43-26)33(39)35-16(2)18(4-8-28(47)48)36(44-35)34(40)38-22(12-32(55)56)19(5-9-29(49)50)25(42-38)13-23(15)41-24/h13-14,41-42H,3-12H2,1-2H3,(H,45,46)(H,47,48)(H,49,50)(H,51,52)(H,53,54)(H,55,56). The van der Waals surface area contributed by atoms with E-state index in [2.05, 4.69) is 41.8 Å². The molecule has 0 aliphatic carbocycles. The van der Waals surface area contributed by atoms with Gasteiger partial charge in [0.25, 0.3) is 0 Å². The molecule has 0 aromatic carbocycles. The quantitative estimate of drug-likeness (QED) is 0.0730. The number of carboxylic acids is 6. The summed E-state index contributed by atoms with van der Waals surface area (Å²) in [6.07, 6.45) is -2.50. The summed E-state index contributed by atoms with van der Waals surface area (Å²) in [5, 5.41) is 58.6. The molecule has 0 spiro atoms. The smallest absolute Gasteiger partial charge is 0.307 e. The number of carboxylic acid groups (broad SMARTS) is 6. The Labute approximate surface area is 334 Å². The number of carbonyl (C=O) groups is 6. The molecule has 2 aliphatic rings. The number of rotatable bonds is 16. The van der Waals surface area contributed by atoms with Gasteiger partial charge in [-0.05, 0) is 128 Å². The van der Waals surface area contributed by atoms with Gasteiger partial charge in [-0.15, -0.1) is 0 Å². The summed E-state index contributed by atoms with van der Waals surface area (Å²) in [6, 6.07) is 3.22. The van der Waals surface area contributed by atoms with Crippen LogP contribution >= 0.6 is 31.9 Å². The highest BCUT2D eigenvalue weighted by atomic mass is 79.9. The van der Waals surface area contributed by atoms with Crippen molar-refractivity contribution in [3.8, 4) is 0 Å². The molecule has 0 saturated heterocycles. The summed E-state index contributed by atoms with van der Waals surface area (Å²) in [6.45, 7) is 3.44. The largest absolute Gasteiger partial charge is 0.481 e. The molecular formula is C38H36Br2N4O12. The molecule has 0 amide bonds. The monoisotopic (exact) mass is 898 g/mol. The molecule has 5 rings (SSSR count). The number of allylic oxidation sites excluding steroid dienone is 3. The van der Waals surface area contributed by atoms with Gasteiger partial charge in [-0.1, -0.05) is 0 Å². The third-order valence-electron chi connectivity index (χ3n) is 9.64. The Morgan fingerprint density at radius 1 is 0.536 bits per heavy atom. The maximum absolute atomic E-state index is 12.3. The molecule has 2 aliphatic heterocycles. The molecule has 294 valence electrons. The normalized spacial score (nSPS) is 12.6. The molecule has 18 heteroatoms. The number of hydrogen-bond donors (Lipinski definition) is 8. The van der Waals surface area contributed by atoms with Crippen LogP contribution in [-0.2, 0) is 48.0 Å². The Morgan fingerprint density at radius 2 is 1.05 bits per heavy atom. The first kappa shape index (κ1) is 41.5. The number of fused-ring (bicyclic) bond motifs is 8. The Morgan fingerprint density at radius 3 is 1.62 bits per heavy atom. The highest BCUT2D eigenvalue weighted by Gasteiger charge is 2.30. The molecule has 8 bridgehead atoms. The molecule has 16 nitrogen and oxygen atoms in total. The van der Waals surface area contributed by atoms with Crippen molar-refractivity contribution in [1.82, 2.24) is 19.9 Å². The second kappa shape index (κ2) is 17.0. The predicted octanol–water partition coefficient (Wildman–Crippen LogP) is 6.86. The summed E-state index contributed by atoms with van der Waals surface area (Å²) in [7, 11) is 0. The zero-order valence-corrected chi connectivity index (χ0v) is 33.2. The van der Waals surface area contributed by atoms with Crippen LogP contribution in [0.4, 0.5) is 0 Å². The van der Waals surface area contributed by atoms with Gasteiger partial charge in [-0.3, -0.25) is 28.8 Å². The number of nitrogens with zero attached hydrogens (tertiary/aromatic N) is 2. The van der Waals surface area contributed by atoms with Crippen LogP contribution in [0.5, 0.6) is 0 Å². The summed E-state index contributed by atoms with van der Waals surface area (Å²) < 4.78 is 0.500. The van der Waals surface area contributed by atoms with Gasteiger partial charge in [0, 0.05) is 42.2 Å². The molecule has 3 aromatic rings. The van der Waals surface area contributed by atoms with Gasteiger partial charge in [0.15, 0.2) is 0 Å². The fourth-order valence-corrected chi connectivity index (χ4v) is 8.39. The number of nitrogens with one attached hydrogen (secondary N) is 2. The Hall–Kier alpha value is -5.62. The molecule has 5 heterocycles. The van der Waals surface area contributed by atoms with Crippen LogP contribution in [0.2, 0.25) is 0 Å². The SMILES string of the molecule is CC1=C(CCC(=O)O)c2nc1c(Br)c1nc(cc3[nH]c(cc4[nH]c(c2Br)c(CC(=O)O)c4CCC(=O)O)c(C)c3CCC(=O)O)C(CC(=O)O)=C1CCC(=O)O. The maximum Gasteiger partial charge on any atom is 0.307 e. The van der Waals surface area contributed by atoms with E-state index in [0.717, 1.165) is 0 Å². The molecule has 0 unspecified atom stereocenters. The van der Waals surface area contributed by atoms with Crippen molar-refractivity contribution in [3.05, 3.63) is 66.1 Å². The van der Waals surface area contributed by atoms with Gasteiger partial charge in [-0.25, -0.2) is 9.97 Å². The lowest BCUT2D eigenvalue weighted by Gasteiger charge is -2.08. The van der Waals surface area contributed by atoms with Crippen LogP contribution in [0.3, 0.4) is 0 Å². The highest BCUT2D eigenvalue weighted by molar-refractivity contribution is 9.11. The van der Waals surface area contributed by atoms with Gasteiger partial charge in [0.2, 0.25) is 0 Å². The van der Waals surface area contributed by atoms with Gasteiger partial charge in [0.1, 0.15) is 0 Å². The minimum absolute atomic E-state index is 0.00835. The average molecular weight is 901 g/mol. The zero-order valence-electron chi connectivity index (χ0n) is 30.0. The Balaban J connectivity index is 2.07. The van der Waals surface area contributed by atoms with Crippen LogP contribution in [-0.4, -0.2) is 86.4 Å². The lowest BCUT2D eigenvalue weighted by molar-refractivity contribution is -0.138. The minimum Gasteiger partial charge on any atom is -0.481 e. The summed E-state index contributed by atoms with van der Waals surface area (Å²) >= 11 is 7.26. The van der Waals surface area contributed by atoms with Crippen molar-refractivity contribution >= 4 is 112 Å². The van der Waals surface area contributed by atoms with E-state index >= 15 is 0 Å². The van der Waals surface area contributed by atoms with E-state index in [1.54, 1.807) is 26.0 Å². The molecule has 0 atom stereocenters. The molecule has 0 saturated carbocycles. The van der Waals surface area contributed by atoms with Crippen LogP contribution in [0.15, 0.2) is 21.1 Å². The number of aromatic amines is 2. The second-order valence-electron chi connectivity index (χ2n) is 13.3. The third-order valence-corrected chi connectivity index (χ3v) is 11.2. The lowest BCUT2D eigenvalue weighted by atomic mass is 9.96. The molecule has 0 radical (unpaired) electrons. The average Bonchev–Trinajstić information content (AvgIpc) is 3.80. The van der Waals surface area contributed by atoms with Gasteiger partial charge in [-0.2, -0.15) is 0 Å². The van der Waals surface area contributed by atoms with Crippen molar-refractivity contribution < 1.29 is 59.4 Å². The fraction of sp³-hybridized carbons (Fsp3) is 0.316. The summed E-state index contributed by atoms with van der Waals surface area (Å²) in [4.78, 5) is 88.1. The second-order valence-corrected chi connectivity index (χ2v) is 14.9. The van der Waals surface area contributed by atoms with Crippen molar-refractivity contribution in [2.24, 2.45) is 0 Å². The number of hydrogen-bond acceptors (Lipinski definition) is 8. The maximum atomic E-state index is 12.3. The van der Waals surface area contributed by atoms with Crippen molar-refractivity contribution in [2.45, 2.75) is 78.1 Å². The van der Waals surface area contributed by atoms with E-state index in [9.17, 15) is 59.4 Å². The number of halogens is 2. The molecule has 56 heavy (non-hydrogen) atoms. The van der Waals surface area contributed by atoms with Crippen LogP contribution in [0.1, 0.15) is 96.9 Å². The minimum atomic E-state index is -1.22. The Kier molecular flexibility index (Phi) is 12.6. The third kappa shape index (κ3) is 8.91. The predicted molar refractivity (Wildman–Crippen MR) is 210 cm³/mol. The van der Waals surface area contributed by atoms with Crippen LogP contribution in [0, 0.1) is 6.92 Å². The van der Waals surface area contributed by atoms with E-state index < -0.39 is 48.7 Å². The molecule has 8 N–H and O–H groups in total. The van der Waals surface area contributed by atoms with Crippen LogP contribution < -0.4 is 0 Å². The first-order valence-electron chi connectivity index (χ1n) is 17.2. The molecular weight excluding hydrogens is 864 g/mol. The van der Waals surface area contributed by atoms with E-state index in [1.165, 1.54) is 0 Å². The lowest BCUT2D eigenvalue weighted by Crippen LogP contribution is -2.04. The van der Waals surface area contributed by atoms with Gasteiger partial charge < -0.3 is 40.6 Å². The number of aromatic nitrogens is 4. The van der Waals surface area contributed by atoms with Crippen molar-refractivity contribution in [3.63, 3.8) is 0 Å². The fourth-order valence-electron chi connectivity index (χ4n) is 7.01. The first-order chi connectivity index (χ1) is 26.4. The molecule has 0 fully saturated rings. The van der Waals surface area contributed by atoms with Gasteiger partial charge in [0.05, 0.1) is 50.1 Å². The first-order valence-corrected chi connectivity index (χ1v) is 18.8. The summed E-state index contributed by atoms with van der Waals surface area (Å²) in [5.41, 5.74) is 5.66.